The summed E-state index contributed by atoms with van der Waals surface area (Å²) in [5.74, 6) is -1.98. The number of nitrogens with two attached hydrogens (primary N) is 1. The third kappa shape index (κ3) is 11.1. The van der Waals surface area contributed by atoms with Crippen LogP contribution >= 0.6 is 0 Å². The Kier molecular flexibility index (Phi) is 12.6. The first-order valence-electron chi connectivity index (χ1n) is 11.4. The van der Waals surface area contributed by atoms with E-state index in [0.29, 0.717) is 11.9 Å². The number of aliphatic carboxylic acids is 3. The summed E-state index contributed by atoms with van der Waals surface area (Å²) in [7, 11) is 2.21. The van der Waals surface area contributed by atoms with Gasteiger partial charge in [0.25, 0.3) is 17.9 Å². The van der Waals surface area contributed by atoms with Gasteiger partial charge in [0.1, 0.15) is 12.1 Å². The molecule has 3 heterocycles. The van der Waals surface area contributed by atoms with Gasteiger partial charge in [-0.05, 0) is 32.7 Å². The average molecular weight is 496 g/mol. The molecule has 2 aromatic heterocycles. The van der Waals surface area contributed by atoms with E-state index < -0.39 is 17.9 Å². The SMILES string of the molecule is CC(=O)O.CC(=O)O.CC(=O)O.CN1CCN(C2CCC(n3ncc4c(N)ncnc43)CC2)CC1. The van der Waals surface area contributed by atoms with E-state index in [0.717, 1.165) is 50.7 Å². The van der Waals surface area contributed by atoms with Crippen LogP contribution in [0.25, 0.3) is 11.0 Å². The molecule has 0 radical (unpaired) electrons. The second-order valence-corrected chi connectivity index (χ2v) is 8.44. The highest BCUT2D eigenvalue weighted by Gasteiger charge is 2.29. The maximum Gasteiger partial charge on any atom is 0.300 e. The number of anilines is 1. The number of hydrogen-bond acceptors (Lipinski definition) is 9. The summed E-state index contributed by atoms with van der Waals surface area (Å²) in [6.07, 6.45) is 8.16. The molecule has 0 spiro atoms. The first-order valence-corrected chi connectivity index (χ1v) is 11.4. The van der Waals surface area contributed by atoms with E-state index in [9.17, 15) is 0 Å². The van der Waals surface area contributed by atoms with Gasteiger partial charge in [0.2, 0.25) is 0 Å². The Hall–Kier alpha value is -3.32. The molecule has 0 unspecified atom stereocenters. The zero-order valence-corrected chi connectivity index (χ0v) is 20.8. The van der Waals surface area contributed by atoms with E-state index in [2.05, 4.69) is 36.6 Å². The standard InChI is InChI=1S/C16H25N7.3C2H4O2/c1-21-6-8-22(9-7-21)12-2-4-13(5-3-12)23-16-14(10-20-23)15(17)18-11-19-16;3*1-2(3)4/h10-13H,2-9H2,1H3,(H2,17,18,19);3*1H3,(H,3,4). The predicted octanol–water partition coefficient (Wildman–Crippen LogP) is 1.41. The Labute approximate surface area is 204 Å². The number of fused-ring (bicyclic) bond motifs is 1. The summed E-state index contributed by atoms with van der Waals surface area (Å²) in [6, 6.07) is 1.17. The minimum Gasteiger partial charge on any atom is -0.481 e. The van der Waals surface area contributed by atoms with Crippen LogP contribution in [0.4, 0.5) is 5.82 Å². The molecular formula is C22H37N7O6. The van der Waals surface area contributed by atoms with Crippen molar-refractivity contribution in [3.8, 4) is 0 Å². The van der Waals surface area contributed by atoms with Crippen LogP contribution in [-0.4, -0.2) is 102 Å². The van der Waals surface area contributed by atoms with Crippen molar-refractivity contribution < 1.29 is 29.7 Å². The molecule has 13 heteroatoms. The largest absolute Gasteiger partial charge is 0.481 e. The second-order valence-electron chi connectivity index (χ2n) is 8.44. The normalized spacial score (nSPS) is 20.2. The lowest BCUT2D eigenvalue weighted by atomic mass is 9.90. The molecule has 1 aliphatic heterocycles. The highest BCUT2D eigenvalue weighted by molar-refractivity contribution is 5.84. The molecular weight excluding hydrogens is 458 g/mol. The number of nitrogen functional groups attached to an aromatic ring is 1. The average Bonchev–Trinajstić information content (AvgIpc) is 3.19. The van der Waals surface area contributed by atoms with Gasteiger partial charge in [0.05, 0.1) is 17.6 Å². The topological polar surface area (TPSA) is 188 Å². The van der Waals surface area contributed by atoms with Crippen molar-refractivity contribution in [3.63, 3.8) is 0 Å². The monoisotopic (exact) mass is 495 g/mol. The van der Waals surface area contributed by atoms with Gasteiger partial charge in [0, 0.05) is 53.0 Å². The second kappa shape index (κ2) is 14.8. The Morgan fingerprint density at radius 3 is 1.80 bits per heavy atom. The van der Waals surface area contributed by atoms with E-state index in [1.807, 2.05) is 0 Å². The molecule has 5 N–H and O–H groups in total. The maximum atomic E-state index is 9.00. The van der Waals surface area contributed by atoms with Crippen molar-refractivity contribution >= 4 is 34.8 Å². The summed E-state index contributed by atoms with van der Waals surface area (Å²) in [6.45, 7) is 8.06. The summed E-state index contributed by atoms with van der Waals surface area (Å²) in [5.41, 5.74) is 6.79. The number of carboxylic acid groups (broad SMARTS) is 3. The van der Waals surface area contributed by atoms with Crippen LogP contribution < -0.4 is 5.73 Å². The molecule has 4 rings (SSSR count). The van der Waals surface area contributed by atoms with Crippen LogP contribution in [0.15, 0.2) is 12.5 Å². The van der Waals surface area contributed by atoms with Crippen molar-refractivity contribution in [3.05, 3.63) is 12.5 Å². The highest BCUT2D eigenvalue weighted by Crippen LogP contribution is 2.33. The summed E-state index contributed by atoms with van der Waals surface area (Å²) in [4.78, 5) is 40.5. The molecule has 2 aliphatic rings. The predicted molar refractivity (Wildman–Crippen MR) is 130 cm³/mol. The van der Waals surface area contributed by atoms with Gasteiger partial charge in [-0.15, -0.1) is 0 Å². The van der Waals surface area contributed by atoms with Gasteiger partial charge in [0.15, 0.2) is 5.65 Å². The van der Waals surface area contributed by atoms with Gasteiger partial charge in [-0.2, -0.15) is 5.10 Å². The van der Waals surface area contributed by atoms with Crippen LogP contribution in [-0.2, 0) is 14.4 Å². The Bertz CT molecular complexity index is 910. The van der Waals surface area contributed by atoms with Crippen LogP contribution in [0, 0.1) is 0 Å². The van der Waals surface area contributed by atoms with Crippen molar-refractivity contribution in [2.75, 3.05) is 39.0 Å². The number of piperazine rings is 1. The minimum absolute atomic E-state index is 0.436. The smallest absolute Gasteiger partial charge is 0.300 e. The van der Waals surface area contributed by atoms with E-state index in [-0.39, 0.29) is 0 Å². The molecule has 0 bridgehead atoms. The zero-order valence-electron chi connectivity index (χ0n) is 20.8. The molecule has 35 heavy (non-hydrogen) atoms. The fraction of sp³-hybridized carbons (Fsp3) is 0.636. The van der Waals surface area contributed by atoms with Crippen LogP contribution in [0.2, 0.25) is 0 Å². The Morgan fingerprint density at radius 2 is 1.31 bits per heavy atom. The molecule has 196 valence electrons. The third-order valence-electron chi connectivity index (χ3n) is 5.49. The van der Waals surface area contributed by atoms with Crippen molar-refractivity contribution in [1.82, 2.24) is 29.5 Å². The van der Waals surface area contributed by atoms with Gasteiger partial charge in [-0.25, -0.2) is 14.6 Å². The summed E-state index contributed by atoms with van der Waals surface area (Å²) in [5, 5.41) is 27.7. The molecule has 2 aromatic rings. The molecule has 13 nitrogen and oxygen atoms in total. The number of carboxylic acids is 3. The summed E-state index contributed by atoms with van der Waals surface area (Å²) < 4.78 is 2.06. The fourth-order valence-corrected chi connectivity index (χ4v) is 4.00. The highest BCUT2D eigenvalue weighted by atomic mass is 16.4. The van der Waals surface area contributed by atoms with Gasteiger partial charge in [-0.1, -0.05) is 0 Å². The quantitative estimate of drug-likeness (QED) is 0.469. The van der Waals surface area contributed by atoms with E-state index in [4.69, 9.17) is 35.4 Å². The molecule has 0 aromatic carbocycles. The lowest BCUT2D eigenvalue weighted by Gasteiger charge is -2.41. The first kappa shape index (κ1) is 29.7. The number of rotatable bonds is 2. The van der Waals surface area contributed by atoms with Crippen LogP contribution in [0.1, 0.15) is 52.5 Å². The van der Waals surface area contributed by atoms with E-state index >= 15 is 0 Å². The number of carbonyl (C=O) groups is 3. The third-order valence-corrected chi connectivity index (χ3v) is 5.49. The van der Waals surface area contributed by atoms with Crippen molar-refractivity contribution in [2.24, 2.45) is 0 Å². The Balaban J connectivity index is 0.000000430. The van der Waals surface area contributed by atoms with E-state index in [1.54, 1.807) is 6.20 Å². The number of hydrogen-bond donors (Lipinski definition) is 4. The van der Waals surface area contributed by atoms with Gasteiger partial charge in [-0.3, -0.25) is 19.3 Å². The maximum absolute atomic E-state index is 9.00. The molecule has 1 saturated carbocycles. The van der Waals surface area contributed by atoms with Gasteiger partial charge >= 0.3 is 0 Å². The Morgan fingerprint density at radius 1 is 0.857 bits per heavy atom. The number of likely N-dealkylation sites (N-methyl/N-ethyl adjacent to an activating group) is 1. The molecule has 1 aliphatic carbocycles. The number of nitrogens with zero attached hydrogens (tertiary/aromatic N) is 6. The van der Waals surface area contributed by atoms with Crippen LogP contribution in [0.3, 0.4) is 0 Å². The lowest BCUT2D eigenvalue weighted by Crippen LogP contribution is -2.49. The molecule has 0 atom stereocenters. The first-order chi connectivity index (χ1) is 16.4. The summed E-state index contributed by atoms with van der Waals surface area (Å²) >= 11 is 0. The van der Waals surface area contributed by atoms with Gasteiger partial charge < -0.3 is 26.0 Å². The minimum atomic E-state index is -0.833. The molecule has 2 fully saturated rings. The molecule has 1 saturated heterocycles. The van der Waals surface area contributed by atoms with Crippen molar-refractivity contribution in [1.29, 1.82) is 0 Å². The van der Waals surface area contributed by atoms with Crippen LogP contribution in [0.5, 0.6) is 0 Å². The fourth-order valence-electron chi connectivity index (χ4n) is 4.00. The van der Waals surface area contributed by atoms with Crippen molar-refractivity contribution in [2.45, 2.75) is 58.5 Å². The zero-order chi connectivity index (χ0) is 26.5. The number of aromatic nitrogens is 4. The molecule has 0 amide bonds. The lowest BCUT2D eigenvalue weighted by molar-refractivity contribution is -0.135. The van der Waals surface area contributed by atoms with E-state index in [1.165, 1.54) is 45.3 Å².